The Hall–Kier alpha value is -1.62. The van der Waals surface area contributed by atoms with Crippen molar-refractivity contribution in [1.29, 1.82) is 0 Å². The van der Waals surface area contributed by atoms with Crippen LogP contribution in [0, 0.1) is 23.2 Å². The summed E-state index contributed by atoms with van der Waals surface area (Å²) < 4.78 is 105. The van der Waals surface area contributed by atoms with Crippen LogP contribution in [0.2, 0.25) is 0 Å². The normalized spacial score (nSPS) is 30.7. The molecule has 2 N–H and O–H groups in total. The van der Waals surface area contributed by atoms with Crippen LogP contribution >= 0.6 is 0 Å². The molecule has 0 saturated heterocycles. The molecule has 0 spiro atoms. The van der Waals surface area contributed by atoms with Crippen molar-refractivity contribution in [2.45, 2.75) is 127 Å². The standard InChI is InChI=1S/C33H47F8NO2/c1-30-20-26(34)29-24-12-11-23(43)19-22(24)18-21(28(29)25(30)13-14-27(30)44)10-6-5-9-17-42(2)16-8-4-3-7-15-31(35,36)32(37,38)33(39,40)41/h11-12,19,21,25-29,43-44H,3-10,13-18,20H2,1-2H3/t21-,25+,26+,27+,28+,29+,30+/m1/s1. The van der Waals surface area contributed by atoms with Crippen LogP contribution < -0.4 is 0 Å². The van der Waals surface area contributed by atoms with Crippen LogP contribution in [0.3, 0.4) is 0 Å². The van der Waals surface area contributed by atoms with Crippen molar-refractivity contribution in [3.05, 3.63) is 29.3 Å². The number of aromatic hydroxyl groups is 1. The monoisotopic (exact) mass is 641 g/mol. The summed E-state index contributed by atoms with van der Waals surface area (Å²) in [5.74, 6) is -10.5. The van der Waals surface area contributed by atoms with Gasteiger partial charge in [0.2, 0.25) is 0 Å². The lowest BCUT2D eigenvalue weighted by molar-refractivity contribution is -0.355. The van der Waals surface area contributed by atoms with E-state index in [1.54, 1.807) is 12.1 Å². The largest absolute Gasteiger partial charge is 0.508 e. The summed E-state index contributed by atoms with van der Waals surface area (Å²) in [6.45, 7) is 3.53. The van der Waals surface area contributed by atoms with Crippen molar-refractivity contribution >= 4 is 0 Å². The van der Waals surface area contributed by atoms with Crippen LogP contribution in [0.1, 0.15) is 101 Å². The first-order chi connectivity index (χ1) is 20.5. The number of aliphatic hydroxyl groups excluding tert-OH is 1. The predicted molar refractivity (Wildman–Crippen MR) is 153 cm³/mol. The molecule has 1 aromatic rings. The molecule has 2 saturated carbocycles. The van der Waals surface area contributed by atoms with Gasteiger partial charge in [0, 0.05) is 12.3 Å². The molecule has 44 heavy (non-hydrogen) atoms. The minimum atomic E-state index is -6.28. The fraction of sp³-hybridized carbons (Fsp3) is 0.818. The van der Waals surface area contributed by atoms with Gasteiger partial charge in [0.15, 0.2) is 0 Å². The predicted octanol–water partition coefficient (Wildman–Crippen LogP) is 9.06. The first-order valence-corrected chi connectivity index (χ1v) is 16.1. The van der Waals surface area contributed by atoms with Gasteiger partial charge in [0.25, 0.3) is 0 Å². The lowest BCUT2D eigenvalue weighted by atomic mass is 9.51. The average Bonchev–Trinajstić information content (AvgIpc) is 3.22. The molecule has 0 aliphatic heterocycles. The number of nitrogens with zero attached hydrogens (tertiary/aromatic N) is 1. The van der Waals surface area contributed by atoms with Crippen molar-refractivity contribution in [2.24, 2.45) is 23.2 Å². The Morgan fingerprint density at radius 1 is 0.909 bits per heavy atom. The van der Waals surface area contributed by atoms with Crippen LogP contribution in [0.4, 0.5) is 35.1 Å². The number of hydrogen-bond donors (Lipinski definition) is 2. The molecule has 11 heteroatoms. The molecule has 0 aromatic heterocycles. The van der Waals surface area contributed by atoms with Gasteiger partial charge in [-0.15, -0.1) is 0 Å². The summed E-state index contributed by atoms with van der Waals surface area (Å²) in [6.07, 6.45) is -1.89. The summed E-state index contributed by atoms with van der Waals surface area (Å²) in [4.78, 5) is 2.10. The Bertz CT molecular complexity index is 1100. The maximum atomic E-state index is 15.9. The van der Waals surface area contributed by atoms with E-state index in [2.05, 4.69) is 11.8 Å². The van der Waals surface area contributed by atoms with Crippen molar-refractivity contribution in [2.75, 3.05) is 20.1 Å². The molecule has 0 heterocycles. The highest BCUT2D eigenvalue weighted by Gasteiger charge is 2.72. The number of aliphatic hydroxyl groups is 1. The number of phenols is 1. The number of hydrogen-bond acceptors (Lipinski definition) is 3. The molecular formula is C33H47F8NO2. The lowest BCUT2D eigenvalue weighted by Crippen LogP contribution is -2.51. The molecule has 4 rings (SSSR count). The van der Waals surface area contributed by atoms with Crippen molar-refractivity contribution in [3.8, 4) is 5.75 Å². The number of unbranched alkanes of at least 4 members (excludes halogenated alkanes) is 5. The minimum Gasteiger partial charge on any atom is -0.508 e. The highest BCUT2D eigenvalue weighted by Crippen LogP contribution is 2.63. The Balaban J connectivity index is 1.20. The molecule has 7 atom stereocenters. The van der Waals surface area contributed by atoms with Crippen LogP contribution in [-0.4, -0.2) is 65.5 Å². The maximum Gasteiger partial charge on any atom is 0.459 e. The third kappa shape index (κ3) is 7.18. The molecule has 0 unspecified atom stereocenters. The van der Waals surface area contributed by atoms with E-state index < -0.39 is 48.6 Å². The fourth-order valence-corrected chi connectivity index (χ4v) is 8.56. The van der Waals surface area contributed by atoms with Gasteiger partial charge in [-0.25, -0.2) is 4.39 Å². The van der Waals surface area contributed by atoms with Crippen molar-refractivity contribution < 1.29 is 45.3 Å². The minimum absolute atomic E-state index is 0.151. The van der Waals surface area contributed by atoms with E-state index >= 15 is 4.39 Å². The first-order valence-electron chi connectivity index (χ1n) is 16.1. The molecule has 3 aliphatic rings. The van der Waals surface area contributed by atoms with E-state index in [0.717, 1.165) is 56.2 Å². The van der Waals surface area contributed by atoms with Crippen molar-refractivity contribution in [1.82, 2.24) is 4.90 Å². The SMILES string of the molecule is CN(CCCCCCC(F)(F)C(F)(F)C(F)(F)F)CCCCC[C@@H]1Cc2cc(O)ccc2[C@@H]2[C@@H]1[C@@H]1CC[C@H](O)[C@@]1(C)C[C@@H]2F. The topological polar surface area (TPSA) is 43.7 Å². The third-order valence-electron chi connectivity index (χ3n) is 11.0. The average molecular weight is 642 g/mol. The summed E-state index contributed by atoms with van der Waals surface area (Å²) in [5.41, 5.74) is 1.62. The molecule has 0 amide bonds. The summed E-state index contributed by atoms with van der Waals surface area (Å²) >= 11 is 0. The molecule has 0 radical (unpaired) electrons. The van der Waals surface area contributed by atoms with Gasteiger partial charge in [-0.05, 0) is 118 Å². The van der Waals surface area contributed by atoms with Crippen LogP contribution in [0.15, 0.2) is 18.2 Å². The second kappa shape index (κ2) is 13.6. The highest BCUT2D eigenvalue weighted by atomic mass is 19.4. The number of fused-ring (bicyclic) bond motifs is 5. The number of halogens is 8. The lowest BCUT2D eigenvalue weighted by Gasteiger charge is -2.54. The van der Waals surface area contributed by atoms with E-state index in [0.29, 0.717) is 32.2 Å². The van der Waals surface area contributed by atoms with E-state index in [1.807, 2.05) is 13.1 Å². The smallest absolute Gasteiger partial charge is 0.459 e. The number of benzene rings is 1. The number of phenolic OH excluding ortho intramolecular Hbond substituents is 1. The molecule has 3 nitrogen and oxygen atoms in total. The first kappa shape index (κ1) is 35.2. The van der Waals surface area contributed by atoms with Gasteiger partial charge in [-0.3, -0.25) is 0 Å². The zero-order valence-electron chi connectivity index (χ0n) is 25.7. The van der Waals surface area contributed by atoms with Crippen molar-refractivity contribution in [3.63, 3.8) is 0 Å². The molecule has 2 fully saturated rings. The van der Waals surface area contributed by atoms with E-state index in [9.17, 15) is 40.9 Å². The fourth-order valence-electron chi connectivity index (χ4n) is 8.56. The Labute approximate surface area is 255 Å². The Kier molecular flexibility index (Phi) is 10.9. The molecule has 0 bridgehead atoms. The second-order valence-electron chi connectivity index (χ2n) is 14.0. The molecule has 1 aromatic carbocycles. The summed E-state index contributed by atoms with van der Waals surface area (Å²) in [7, 11) is 1.93. The van der Waals surface area contributed by atoms with Crippen LogP contribution in [0.25, 0.3) is 0 Å². The maximum absolute atomic E-state index is 15.9. The van der Waals surface area contributed by atoms with Gasteiger partial charge in [-0.1, -0.05) is 38.7 Å². The Morgan fingerprint density at radius 3 is 2.20 bits per heavy atom. The molecule has 252 valence electrons. The zero-order valence-corrected chi connectivity index (χ0v) is 25.7. The number of alkyl halides is 8. The van der Waals surface area contributed by atoms with Gasteiger partial charge in [0.1, 0.15) is 11.9 Å². The van der Waals surface area contributed by atoms with E-state index in [-0.39, 0.29) is 35.8 Å². The van der Waals surface area contributed by atoms with Gasteiger partial charge >= 0.3 is 18.0 Å². The zero-order chi connectivity index (χ0) is 32.5. The van der Waals surface area contributed by atoms with E-state index in [1.165, 1.54) is 0 Å². The summed E-state index contributed by atoms with van der Waals surface area (Å²) in [5, 5.41) is 20.9. The quantitative estimate of drug-likeness (QED) is 0.157. The third-order valence-corrected chi connectivity index (χ3v) is 11.0. The van der Waals surface area contributed by atoms with Gasteiger partial charge in [0.05, 0.1) is 6.10 Å². The highest BCUT2D eigenvalue weighted by molar-refractivity contribution is 5.41. The second-order valence-corrected chi connectivity index (χ2v) is 14.0. The van der Waals surface area contributed by atoms with Gasteiger partial charge < -0.3 is 15.1 Å². The summed E-state index contributed by atoms with van der Waals surface area (Å²) in [6, 6.07) is 5.31. The number of rotatable bonds is 14. The van der Waals surface area contributed by atoms with Crippen LogP contribution in [0.5, 0.6) is 5.75 Å². The van der Waals surface area contributed by atoms with E-state index in [4.69, 9.17) is 0 Å². The molecule has 3 aliphatic carbocycles. The molecular weight excluding hydrogens is 594 g/mol. The van der Waals surface area contributed by atoms with Gasteiger partial charge in [-0.2, -0.15) is 30.7 Å². The van der Waals surface area contributed by atoms with Crippen LogP contribution in [-0.2, 0) is 6.42 Å². The Morgan fingerprint density at radius 2 is 1.55 bits per heavy atom.